The van der Waals surface area contributed by atoms with Crippen molar-refractivity contribution in [2.75, 3.05) is 0 Å². The van der Waals surface area contributed by atoms with E-state index >= 15 is 0 Å². The van der Waals surface area contributed by atoms with Gasteiger partial charge in [-0.1, -0.05) is 29.6 Å². The summed E-state index contributed by atoms with van der Waals surface area (Å²) < 4.78 is 0. The van der Waals surface area contributed by atoms with Crippen molar-refractivity contribution in [1.82, 2.24) is 10.2 Å². The van der Waals surface area contributed by atoms with Crippen molar-refractivity contribution < 1.29 is 5.11 Å². The number of nitrogens with zero attached hydrogens (tertiary/aromatic N) is 1. The molecule has 100 valence electrons. The van der Waals surface area contributed by atoms with Crippen LogP contribution in [0.1, 0.15) is 37.7 Å². The van der Waals surface area contributed by atoms with Crippen molar-refractivity contribution in [3.05, 3.63) is 27.9 Å². The first-order valence-corrected chi connectivity index (χ1v) is 7.33. The minimum absolute atomic E-state index is 0.354. The quantitative estimate of drug-likeness (QED) is 0.835. The molecule has 1 aromatic carbocycles. The maximum atomic E-state index is 10.9. The van der Waals surface area contributed by atoms with Crippen LogP contribution in [0.25, 0.3) is 10.9 Å². The van der Waals surface area contributed by atoms with Crippen LogP contribution < -0.4 is 0 Å². The van der Waals surface area contributed by atoms with Crippen molar-refractivity contribution in [3.8, 4) is 0 Å². The fraction of sp³-hybridized carbons (Fsp3) is 0.500. The molecule has 2 aliphatic rings. The Morgan fingerprint density at radius 1 is 1.26 bits per heavy atom. The Bertz CT molecular complexity index is 667. The molecule has 2 aromatic rings. The number of hydrogen-bond acceptors (Lipinski definition) is 2. The zero-order valence-corrected chi connectivity index (χ0v) is 11.9. The number of aromatic nitrogens is 2. The average Bonchev–Trinajstić information content (AvgIpc) is 2.71. The SMILES string of the molecule is OC1(c2c(Cl)c(Cl)cc3cn[nH]c23)CC2(CCC2)C1. The Morgan fingerprint density at radius 2 is 2.00 bits per heavy atom. The van der Waals surface area contributed by atoms with E-state index in [-0.39, 0.29) is 0 Å². The van der Waals surface area contributed by atoms with Crippen LogP contribution >= 0.6 is 23.2 Å². The van der Waals surface area contributed by atoms with Gasteiger partial charge in [0.05, 0.1) is 27.4 Å². The Balaban J connectivity index is 1.86. The molecule has 0 radical (unpaired) electrons. The first-order valence-electron chi connectivity index (χ1n) is 6.57. The molecule has 0 atom stereocenters. The van der Waals surface area contributed by atoms with Crippen LogP contribution in [-0.4, -0.2) is 15.3 Å². The molecule has 0 bridgehead atoms. The normalized spacial score (nSPS) is 23.3. The van der Waals surface area contributed by atoms with Crippen LogP contribution in [0, 0.1) is 5.41 Å². The molecule has 1 spiro atoms. The van der Waals surface area contributed by atoms with Crippen molar-refractivity contribution in [2.24, 2.45) is 5.41 Å². The summed E-state index contributed by atoms with van der Waals surface area (Å²) in [6.45, 7) is 0. The monoisotopic (exact) mass is 296 g/mol. The molecular formula is C14H14Cl2N2O. The summed E-state index contributed by atoms with van der Waals surface area (Å²) in [5.74, 6) is 0. The average molecular weight is 297 g/mol. The highest BCUT2D eigenvalue weighted by molar-refractivity contribution is 6.43. The lowest BCUT2D eigenvalue weighted by Crippen LogP contribution is -2.53. The Hall–Kier alpha value is -0.770. The van der Waals surface area contributed by atoms with Gasteiger partial charge in [-0.15, -0.1) is 0 Å². The Labute approximate surface area is 120 Å². The lowest BCUT2D eigenvalue weighted by Gasteiger charge is -2.59. The molecule has 5 heteroatoms. The molecular weight excluding hydrogens is 283 g/mol. The minimum Gasteiger partial charge on any atom is -0.385 e. The van der Waals surface area contributed by atoms with Crippen LogP contribution in [-0.2, 0) is 5.60 Å². The number of aromatic amines is 1. The predicted molar refractivity (Wildman–Crippen MR) is 75.5 cm³/mol. The van der Waals surface area contributed by atoms with Gasteiger partial charge in [-0.05, 0) is 37.2 Å². The summed E-state index contributed by atoms with van der Waals surface area (Å²) in [4.78, 5) is 0. The van der Waals surface area contributed by atoms with Crippen LogP contribution in [0.3, 0.4) is 0 Å². The van der Waals surface area contributed by atoms with Crippen LogP contribution in [0.5, 0.6) is 0 Å². The molecule has 0 saturated heterocycles. The summed E-state index contributed by atoms with van der Waals surface area (Å²) >= 11 is 12.5. The van der Waals surface area contributed by atoms with Crippen LogP contribution in [0.4, 0.5) is 0 Å². The number of rotatable bonds is 1. The Morgan fingerprint density at radius 3 is 2.63 bits per heavy atom. The molecule has 1 aromatic heterocycles. The largest absolute Gasteiger partial charge is 0.385 e. The topological polar surface area (TPSA) is 48.9 Å². The number of aliphatic hydroxyl groups is 1. The van der Waals surface area contributed by atoms with Gasteiger partial charge in [-0.3, -0.25) is 5.10 Å². The summed E-state index contributed by atoms with van der Waals surface area (Å²) in [5.41, 5.74) is 1.04. The maximum Gasteiger partial charge on any atom is 0.0943 e. The predicted octanol–water partition coefficient (Wildman–Crippen LogP) is 4.02. The van der Waals surface area contributed by atoms with Crippen molar-refractivity contribution in [1.29, 1.82) is 0 Å². The summed E-state index contributed by atoms with van der Waals surface area (Å²) in [6, 6.07) is 1.79. The lowest BCUT2D eigenvalue weighted by atomic mass is 9.48. The van der Waals surface area contributed by atoms with Gasteiger partial charge in [0.15, 0.2) is 0 Å². The van der Waals surface area contributed by atoms with E-state index in [0.29, 0.717) is 15.5 Å². The number of halogens is 2. The van der Waals surface area contributed by atoms with Gasteiger partial charge in [0.25, 0.3) is 0 Å². The minimum atomic E-state index is -0.854. The van der Waals surface area contributed by atoms with Crippen molar-refractivity contribution >= 4 is 34.1 Å². The second-order valence-electron chi connectivity index (χ2n) is 6.12. The van der Waals surface area contributed by atoms with E-state index in [2.05, 4.69) is 10.2 Å². The maximum absolute atomic E-state index is 10.9. The zero-order valence-electron chi connectivity index (χ0n) is 10.3. The second kappa shape index (κ2) is 3.66. The second-order valence-corrected chi connectivity index (χ2v) is 6.91. The van der Waals surface area contributed by atoms with Crippen molar-refractivity contribution in [2.45, 2.75) is 37.7 Å². The number of benzene rings is 1. The fourth-order valence-corrected chi connectivity index (χ4v) is 4.40. The summed E-state index contributed by atoms with van der Waals surface area (Å²) in [5, 5.41) is 19.7. The van der Waals surface area contributed by atoms with E-state index in [1.807, 2.05) is 0 Å². The van der Waals surface area contributed by atoms with Gasteiger partial charge in [0, 0.05) is 10.9 Å². The molecule has 19 heavy (non-hydrogen) atoms. The number of nitrogens with one attached hydrogen (secondary N) is 1. The molecule has 2 aliphatic carbocycles. The van der Waals surface area contributed by atoms with E-state index < -0.39 is 5.60 Å². The third-order valence-corrected chi connectivity index (χ3v) is 5.63. The van der Waals surface area contributed by atoms with E-state index in [1.54, 1.807) is 12.3 Å². The van der Waals surface area contributed by atoms with Gasteiger partial charge < -0.3 is 5.11 Å². The van der Waals surface area contributed by atoms with E-state index in [0.717, 1.165) is 29.3 Å². The number of fused-ring (bicyclic) bond motifs is 1. The molecule has 2 fully saturated rings. The molecule has 2 N–H and O–H groups in total. The van der Waals surface area contributed by atoms with Crippen LogP contribution in [0.2, 0.25) is 10.0 Å². The van der Waals surface area contributed by atoms with Gasteiger partial charge in [-0.25, -0.2) is 0 Å². The van der Waals surface area contributed by atoms with Gasteiger partial charge in [-0.2, -0.15) is 5.10 Å². The van der Waals surface area contributed by atoms with Crippen molar-refractivity contribution in [3.63, 3.8) is 0 Å². The zero-order chi connectivity index (χ0) is 13.3. The smallest absolute Gasteiger partial charge is 0.0943 e. The molecule has 0 amide bonds. The molecule has 0 unspecified atom stereocenters. The number of hydrogen-bond donors (Lipinski definition) is 2. The fourth-order valence-electron chi connectivity index (χ4n) is 3.87. The highest BCUT2D eigenvalue weighted by Gasteiger charge is 2.58. The van der Waals surface area contributed by atoms with E-state index in [9.17, 15) is 5.11 Å². The van der Waals surface area contributed by atoms with Gasteiger partial charge in [0.2, 0.25) is 0 Å². The third kappa shape index (κ3) is 1.52. The highest BCUT2D eigenvalue weighted by atomic mass is 35.5. The number of H-pyrrole nitrogens is 1. The van der Waals surface area contributed by atoms with Gasteiger partial charge in [0.1, 0.15) is 0 Å². The first kappa shape index (κ1) is 12.0. The third-order valence-electron chi connectivity index (χ3n) is 4.84. The first-order chi connectivity index (χ1) is 9.03. The Kier molecular flexibility index (Phi) is 2.31. The highest BCUT2D eigenvalue weighted by Crippen LogP contribution is 2.65. The van der Waals surface area contributed by atoms with E-state index in [1.165, 1.54) is 19.3 Å². The molecule has 4 rings (SSSR count). The molecule has 2 saturated carbocycles. The lowest BCUT2D eigenvalue weighted by molar-refractivity contribution is -0.167. The van der Waals surface area contributed by atoms with Gasteiger partial charge >= 0.3 is 0 Å². The molecule has 3 nitrogen and oxygen atoms in total. The van der Waals surface area contributed by atoms with E-state index in [4.69, 9.17) is 23.2 Å². The summed E-state index contributed by atoms with van der Waals surface area (Å²) in [6.07, 6.45) is 7.00. The standard InChI is InChI=1S/C14H14Cl2N2O/c15-9-4-8-5-17-18-12(8)10(11(9)16)14(19)6-13(7-14)2-1-3-13/h4-5,19H,1-3,6-7H2,(H,17,18). The summed E-state index contributed by atoms with van der Waals surface area (Å²) in [7, 11) is 0. The molecule has 1 heterocycles. The van der Waals surface area contributed by atoms with Crippen LogP contribution in [0.15, 0.2) is 12.3 Å². The molecule has 0 aliphatic heterocycles.